The fraction of sp³-hybridized carbons (Fsp3) is 0.467. The number of carbonyl (C=O) groups is 2. The van der Waals surface area contributed by atoms with Gasteiger partial charge in [0.25, 0.3) is 5.91 Å². The normalized spacial score (nSPS) is 10.8. The van der Waals surface area contributed by atoms with E-state index in [1.165, 1.54) is 0 Å². The predicted octanol–water partition coefficient (Wildman–Crippen LogP) is 1.07. The van der Waals surface area contributed by atoms with Crippen LogP contribution in [0.1, 0.15) is 27.2 Å². The molecular formula is C15H23N3O3. The molecule has 0 aliphatic rings. The van der Waals surface area contributed by atoms with E-state index in [4.69, 9.17) is 10.5 Å². The number of carbonyl (C=O) groups excluding carboxylic acids is 2. The highest BCUT2D eigenvalue weighted by Crippen LogP contribution is 2.19. The summed E-state index contributed by atoms with van der Waals surface area (Å²) in [5.41, 5.74) is 5.91. The Morgan fingerprint density at radius 3 is 2.48 bits per heavy atom. The summed E-state index contributed by atoms with van der Waals surface area (Å²) in [5.74, 6) is 0.0796. The number of para-hydroxylation sites is 2. The fourth-order valence-corrected chi connectivity index (χ4v) is 1.60. The van der Waals surface area contributed by atoms with E-state index in [0.29, 0.717) is 11.4 Å². The molecular weight excluding hydrogens is 270 g/mol. The lowest BCUT2D eigenvalue weighted by atomic mass is 10.1. The zero-order chi connectivity index (χ0) is 15.9. The van der Waals surface area contributed by atoms with Crippen LogP contribution in [-0.2, 0) is 9.59 Å². The van der Waals surface area contributed by atoms with Crippen molar-refractivity contribution in [1.29, 1.82) is 0 Å². The van der Waals surface area contributed by atoms with E-state index >= 15 is 0 Å². The molecule has 0 saturated carbocycles. The van der Waals surface area contributed by atoms with Crippen molar-refractivity contribution >= 4 is 17.5 Å². The lowest BCUT2D eigenvalue weighted by Gasteiger charge is -2.20. The highest BCUT2D eigenvalue weighted by Gasteiger charge is 2.13. The third-order valence-electron chi connectivity index (χ3n) is 2.47. The number of ether oxygens (including phenoxy) is 1. The Bertz CT molecular complexity index is 495. The van der Waals surface area contributed by atoms with Crippen LogP contribution in [0.15, 0.2) is 24.3 Å². The van der Waals surface area contributed by atoms with Crippen molar-refractivity contribution in [2.45, 2.75) is 32.7 Å². The fourth-order valence-electron chi connectivity index (χ4n) is 1.60. The molecule has 0 atom stereocenters. The van der Waals surface area contributed by atoms with Gasteiger partial charge in [-0.25, -0.2) is 0 Å². The number of nitrogens with one attached hydrogen (secondary N) is 2. The number of amides is 2. The summed E-state index contributed by atoms with van der Waals surface area (Å²) in [6.07, 6.45) is 0.233. The van der Waals surface area contributed by atoms with Crippen LogP contribution in [-0.4, -0.2) is 30.5 Å². The van der Waals surface area contributed by atoms with Gasteiger partial charge in [0, 0.05) is 18.5 Å². The summed E-state index contributed by atoms with van der Waals surface area (Å²) >= 11 is 0. The van der Waals surface area contributed by atoms with E-state index in [1.807, 2.05) is 20.8 Å². The van der Waals surface area contributed by atoms with Gasteiger partial charge in [0.2, 0.25) is 5.91 Å². The van der Waals surface area contributed by atoms with Crippen molar-refractivity contribution in [1.82, 2.24) is 10.6 Å². The highest BCUT2D eigenvalue weighted by molar-refractivity contribution is 5.80. The molecule has 0 saturated heterocycles. The van der Waals surface area contributed by atoms with Crippen LogP contribution in [0, 0.1) is 0 Å². The third kappa shape index (κ3) is 7.20. The number of nitrogens with two attached hydrogens (primary N) is 1. The maximum atomic E-state index is 11.6. The summed E-state index contributed by atoms with van der Waals surface area (Å²) in [5, 5.41) is 5.44. The Kier molecular flexibility index (Phi) is 6.02. The lowest BCUT2D eigenvalue weighted by Crippen LogP contribution is -2.42. The maximum absolute atomic E-state index is 11.6. The van der Waals surface area contributed by atoms with E-state index in [2.05, 4.69) is 10.6 Å². The number of anilines is 1. The van der Waals surface area contributed by atoms with Gasteiger partial charge in [0.05, 0.1) is 5.69 Å². The van der Waals surface area contributed by atoms with Gasteiger partial charge in [-0.05, 0) is 32.9 Å². The van der Waals surface area contributed by atoms with Crippen molar-refractivity contribution in [3.63, 3.8) is 0 Å². The number of benzene rings is 1. The van der Waals surface area contributed by atoms with Gasteiger partial charge in [-0.3, -0.25) is 9.59 Å². The molecule has 1 aromatic carbocycles. The maximum Gasteiger partial charge on any atom is 0.257 e. The third-order valence-corrected chi connectivity index (χ3v) is 2.47. The van der Waals surface area contributed by atoms with Crippen LogP contribution < -0.4 is 21.1 Å². The van der Waals surface area contributed by atoms with Crippen LogP contribution in [0.3, 0.4) is 0 Å². The minimum absolute atomic E-state index is 0.101. The predicted molar refractivity (Wildman–Crippen MR) is 81.9 cm³/mol. The van der Waals surface area contributed by atoms with Gasteiger partial charge in [-0.1, -0.05) is 12.1 Å². The van der Waals surface area contributed by atoms with Gasteiger partial charge < -0.3 is 21.1 Å². The molecule has 0 heterocycles. The summed E-state index contributed by atoms with van der Waals surface area (Å²) in [7, 11) is 0. The van der Waals surface area contributed by atoms with Gasteiger partial charge in [-0.15, -0.1) is 0 Å². The zero-order valence-electron chi connectivity index (χ0n) is 12.7. The monoisotopic (exact) mass is 293 g/mol. The summed E-state index contributed by atoms with van der Waals surface area (Å²) in [4.78, 5) is 23.1. The van der Waals surface area contributed by atoms with Crippen molar-refractivity contribution < 1.29 is 14.3 Å². The quantitative estimate of drug-likeness (QED) is 0.684. The molecule has 116 valence electrons. The van der Waals surface area contributed by atoms with Gasteiger partial charge in [0.15, 0.2) is 6.61 Å². The first-order chi connectivity index (χ1) is 9.78. The van der Waals surface area contributed by atoms with E-state index < -0.39 is 0 Å². The molecule has 6 heteroatoms. The van der Waals surface area contributed by atoms with Crippen LogP contribution >= 0.6 is 0 Å². The molecule has 0 radical (unpaired) electrons. The van der Waals surface area contributed by atoms with Crippen LogP contribution in [0.4, 0.5) is 5.69 Å². The summed E-state index contributed by atoms with van der Waals surface area (Å²) in [6, 6.07) is 6.96. The zero-order valence-corrected chi connectivity index (χ0v) is 12.7. The Morgan fingerprint density at radius 2 is 1.86 bits per heavy atom. The second-order valence-electron chi connectivity index (χ2n) is 5.72. The molecule has 6 nitrogen and oxygen atoms in total. The summed E-state index contributed by atoms with van der Waals surface area (Å²) in [6.45, 7) is 5.86. The van der Waals surface area contributed by atoms with Gasteiger partial charge in [0.1, 0.15) is 5.75 Å². The number of hydrogen-bond acceptors (Lipinski definition) is 4. The molecule has 0 aromatic heterocycles. The number of hydrogen-bond donors (Lipinski definition) is 3. The van der Waals surface area contributed by atoms with Gasteiger partial charge >= 0.3 is 0 Å². The topological polar surface area (TPSA) is 93.5 Å². The second kappa shape index (κ2) is 7.52. The van der Waals surface area contributed by atoms with Crippen LogP contribution in [0.25, 0.3) is 0 Å². The molecule has 0 spiro atoms. The van der Waals surface area contributed by atoms with Crippen molar-refractivity contribution in [2.75, 3.05) is 18.9 Å². The van der Waals surface area contributed by atoms with Gasteiger partial charge in [-0.2, -0.15) is 0 Å². The second-order valence-corrected chi connectivity index (χ2v) is 5.72. The SMILES string of the molecule is CC(C)(C)NC(=O)CCNC(=O)COc1ccccc1N. The molecule has 4 N–H and O–H groups in total. The molecule has 0 aliphatic carbocycles. The van der Waals surface area contributed by atoms with E-state index in [9.17, 15) is 9.59 Å². The summed E-state index contributed by atoms with van der Waals surface area (Å²) < 4.78 is 5.30. The molecule has 0 bridgehead atoms. The lowest BCUT2D eigenvalue weighted by molar-refractivity contribution is -0.124. The Balaban J connectivity index is 2.23. The van der Waals surface area contributed by atoms with Crippen molar-refractivity contribution in [2.24, 2.45) is 0 Å². The van der Waals surface area contributed by atoms with E-state index in [-0.39, 0.29) is 36.9 Å². The molecule has 0 aliphatic heterocycles. The first kappa shape index (κ1) is 16.8. The van der Waals surface area contributed by atoms with Crippen molar-refractivity contribution in [3.05, 3.63) is 24.3 Å². The largest absolute Gasteiger partial charge is 0.482 e. The molecule has 1 aromatic rings. The molecule has 1 rings (SSSR count). The Hall–Kier alpha value is -2.24. The average molecular weight is 293 g/mol. The number of nitrogen functional groups attached to an aromatic ring is 1. The Morgan fingerprint density at radius 1 is 1.19 bits per heavy atom. The first-order valence-electron chi connectivity index (χ1n) is 6.83. The minimum atomic E-state index is -0.290. The average Bonchev–Trinajstić information content (AvgIpc) is 2.35. The molecule has 2 amide bonds. The first-order valence-corrected chi connectivity index (χ1v) is 6.83. The molecule has 0 fully saturated rings. The standard InChI is InChI=1S/C15H23N3O3/c1-15(2,3)18-13(19)8-9-17-14(20)10-21-12-7-5-4-6-11(12)16/h4-7H,8-10,16H2,1-3H3,(H,17,20)(H,18,19). The highest BCUT2D eigenvalue weighted by atomic mass is 16.5. The minimum Gasteiger partial charge on any atom is -0.482 e. The van der Waals surface area contributed by atoms with E-state index in [1.54, 1.807) is 24.3 Å². The smallest absolute Gasteiger partial charge is 0.257 e. The van der Waals surface area contributed by atoms with Crippen LogP contribution in [0.5, 0.6) is 5.75 Å². The van der Waals surface area contributed by atoms with E-state index in [0.717, 1.165) is 0 Å². The van der Waals surface area contributed by atoms with Crippen LogP contribution in [0.2, 0.25) is 0 Å². The van der Waals surface area contributed by atoms with Crippen molar-refractivity contribution in [3.8, 4) is 5.75 Å². The Labute approximate surface area is 125 Å². The number of rotatable bonds is 6. The molecule has 0 unspecified atom stereocenters. The molecule has 21 heavy (non-hydrogen) atoms.